The Hall–Kier alpha value is -3.70. The second kappa shape index (κ2) is 13.5. The number of methoxy groups -OCH3 is 1. The molecule has 230 valence electrons. The van der Waals surface area contributed by atoms with E-state index in [9.17, 15) is 4.79 Å². The Bertz CT molecular complexity index is 1740. The monoisotopic (exact) mass is 632 g/mol. The van der Waals surface area contributed by atoms with Crippen molar-refractivity contribution in [2.75, 3.05) is 46.4 Å². The van der Waals surface area contributed by atoms with Gasteiger partial charge in [-0.15, -0.1) is 11.3 Å². The number of aromatic nitrogens is 4. The highest BCUT2D eigenvalue weighted by Gasteiger charge is 2.23. The zero-order valence-corrected chi connectivity index (χ0v) is 26.9. The number of halogens is 1. The highest BCUT2D eigenvalue weighted by atomic mass is 35.5. The third kappa shape index (κ3) is 6.53. The lowest BCUT2D eigenvalue weighted by molar-refractivity contribution is 0.0600. The van der Waals surface area contributed by atoms with Gasteiger partial charge in [-0.2, -0.15) is 5.10 Å². The van der Waals surface area contributed by atoms with E-state index in [-0.39, 0.29) is 6.10 Å². The number of ether oxygens (including phenoxy) is 2. The van der Waals surface area contributed by atoms with Gasteiger partial charge in [-0.1, -0.05) is 42.8 Å². The molecule has 0 unspecified atom stereocenters. The van der Waals surface area contributed by atoms with E-state index in [1.165, 1.54) is 18.4 Å². The van der Waals surface area contributed by atoms with Gasteiger partial charge in [0.2, 0.25) is 0 Å². The van der Waals surface area contributed by atoms with Crippen molar-refractivity contribution in [2.45, 2.75) is 32.9 Å². The Morgan fingerprint density at radius 3 is 2.61 bits per heavy atom. The van der Waals surface area contributed by atoms with Crippen LogP contribution in [0, 0.1) is 0 Å². The molecule has 0 amide bonds. The van der Waals surface area contributed by atoms with E-state index in [1.807, 2.05) is 52.7 Å². The van der Waals surface area contributed by atoms with E-state index < -0.39 is 5.97 Å². The Morgan fingerprint density at radius 2 is 1.84 bits per heavy atom. The molecule has 4 heterocycles. The molecule has 1 aliphatic heterocycles. The number of nitrogens with zero attached hydrogens (tertiary/aromatic N) is 6. The molecule has 5 aromatic rings. The van der Waals surface area contributed by atoms with E-state index in [4.69, 9.17) is 21.1 Å². The number of thiophene rings is 1. The van der Waals surface area contributed by atoms with E-state index >= 15 is 0 Å². The molecule has 0 saturated carbocycles. The molecule has 1 atom stereocenters. The molecule has 1 fully saturated rings. The zero-order chi connectivity index (χ0) is 30.6. The number of piperazine rings is 1. The summed E-state index contributed by atoms with van der Waals surface area (Å²) in [5, 5.41) is 6.03. The SMILES string of the molecule is CCN1CCN(CCCn2cc(-c3ccc4c(c3)ncn4-c3cc(O[C@H](C)c4ccccc4Cl)c(C(=O)OC)s3)cn2)CC1. The van der Waals surface area contributed by atoms with Gasteiger partial charge in [-0.25, -0.2) is 9.78 Å². The van der Waals surface area contributed by atoms with Crippen LogP contribution in [-0.2, 0) is 11.3 Å². The number of rotatable bonds is 11. The Labute approximate surface area is 266 Å². The topological polar surface area (TPSA) is 77.7 Å². The summed E-state index contributed by atoms with van der Waals surface area (Å²) in [6.07, 6.45) is 6.51. The van der Waals surface area contributed by atoms with Gasteiger partial charge in [0.15, 0.2) is 4.88 Å². The average Bonchev–Trinajstić information content (AvgIpc) is 3.79. The van der Waals surface area contributed by atoms with Crippen LogP contribution in [0.3, 0.4) is 0 Å². The Kier molecular flexibility index (Phi) is 9.32. The molecular weight excluding hydrogens is 596 g/mol. The molecule has 0 bridgehead atoms. The van der Waals surface area contributed by atoms with E-state index in [0.717, 1.165) is 85.0 Å². The lowest BCUT2D eigenvalue weighted by Crippen LogP contribution is -2.46. The quantitative estimate of drug-likeness (QED) is 0.153. The van der Waals surface area contributed by atoms with Crippen LogP contribution in [-0.4, -0.2) is 81.5 Å². The number of fused-ring (bicyclic) bond motifs is 1. The van der Waals surface area contributed by atoms with Crippen LogP contribution in [0.2, 0.25) is 5.02 Å². The van der Waals surface area contributed by atoms with E-state index in [0.29, 0.717) is 15.6 Å². The van der Waals surface area contributed by atoms with Crippen molar-refractivity contribution in [1.82, 2.24) is 29.1 Å². The highest BCUT2D eigenvalue weighted by molar-refractivity contribution is 7.16. The maximum absolute atomic E-state index is 12.7. The molecule has 9 nitrogen and oxygen atoms in total. The number of aryl methyl sites for hydroxylation is 1. The first-order valence-electron chi connectivity index (χ1n) is 15.0. The van der Waals surface area contributed by atoms with E-state index in [2.05, 4.69) is 51.2 Å². The summed E-state index contributed by atoms with van der Waals surface area (Å²) in [4.78, 5) is 22.8. The van der Waals surface area contributed by atoms with Crippen LogP contribution in [0.25, 0.3) is 27.2 Å². The van der Waals surface area contributed by atoms with Crippen molar-refractivity contribution in [3.05, 3.63) is 82.7 Å². The molecule has 1 saturated heterocycles. The maximum Gasteiger partial charge on any atom is 0.351 e. The molecule has 11 heteroatoms. The molecule has 6 rings (SSSR count). The molecule has 0 spiro atoms. The summed E-state index contributed by atoms with van der Waals surface area (Å²) in [5.74, 6) is -0.0104. The first kappa shape index (κ1) is 30.3. The fraction of sp³-hybridized carbons (Fsp3) is 0.364. The van der Waals surface area contributed by atoms with Crippen LogP contribution >= 0.6 is 22.9 Å². The smallest absolute Gasteiger partial charge is 0.351 e. The number of hydrogen-bond donors (Lipinski definition) is 0. The number of benzene rings is 2. The average molecular weight is 633 g/mol. The second-order valence-electron chi connectivity index (χ2n) is 11.0. The predicted octanol–water partition coefficient (Wildman–Crippen LogP) is 6.56. The molecule has 0 radical (unpaired) electrons. The van der Waals surface area contributed by atoms with Gasteiger partial charge in [0.05, 0.1) is 24.3 Å². The standard InChI is InChI=1S/C33H37ClN6O3S/c1-4-37-14-16-38(17-15-37)12-7-13-39-21-25(20-36-39)24-10-11-29-28(18-24)35-22-40(29)31-19-30(32(44-31)33(41)42-3)43-23(2)26-8-5-6-9-27(26)34/h5-6,8-11,18-23H,4,7,12-17H2,1-3H3/t23-/m1/s1. The molecule has 0 aliphatic carbocycles. The number of carbonyl (C=O) groups is 1. The van der Waals surface area contributed by atoms with Crippen LogP contribution in [0.4, 0.5) is 0 Å². The maximum atomic E-state index is 12.7. The zero-order valence-electron chi connectivity index (χ0n) is 25.3. The Balaban J connectivity index is 1.16. The summed E-state index contributed by atoms with van der Waals surface area (Å²) >= 11 is 7.70. The minimum atomic E-state index is -0.453. The van der Waals surface area contributed by atoms with Crippen molar-refractivity contribution < 1.29 is 14.3 Å². The van der Waals surface area contributed by atoms with Crippen molar-refractivity contribution in [2.24, 2.45) is 0 Å². The largest absolute Gasteiger partial charge is 0.484 e. The van der Waals surface area contributed by atoms with Crippen LogP contribution < -0.4 is 4.74 Å². The van der Waals surface area contributed by atoms with Crippen molar-refractivity contribution >= 4 is 39.9 Å². The lowest BCUT2D eigenvalue weighted by atomic mass is 10.1. The molecule has 1 aliphatic rings. The summed E-state index contributed by atoms with van der Waals surface area (Å²) in [6.45, 7) is 11.9. The molecular formula is C33H37ClN6O3S. The normalized spacial score (nSPS) is 15.1. The Morgan fingerprint density at radius 1 is 1.05 bits per heavy atom. The highest BCUT2D eigenvalue weighted by Crippen LogP contribution is 2.38. The van der Waals surface area contributed by atoms with Gasteiger partial charge in [0.1, 0.15) is 23.2 Å². The van der Waals surface area contributed by atoms with Crippen molar-refractivity contribution in [3.63, 3.8) is 0 Å². The van der Waals surface area contributed by atoms with Gasteiger partial charge in [-0.05, 0) is 50.2 Å². The summed E-state index contributed by atoms with van der Waals surface area (Å²) in [5.41, 5.74) is 4.73. The predicted molar refractivity (Wildman–Crippen MR) is 175 cm³/mol. The van der Waals surface area contributed by atoms with Crippen molar-refractivity contribution in [1.29, 1.82) is 0 Å². The fourth-order valence-electron chi connectivity index (χ4n) is 5.65. The number of esters is 1. The number of imidazole rings is 1. The molecule has 2 aromatic carbocycles. The van der Waals surface area contributed by atoms with Gasteiger partial charge < -0.3 is 19.3 Å². The van der Waals surface area contributed by atoms with Crippen LogP contribution in [0.15, 0.2) is 67.3 Å². The third-order valence-corrected chi connectivity index (χ3v) is 9.67. The van der Waals surface area contributed by atoms with Gasteiger partial charge in [-0.3, -0.25) is 9.25 Å². The van der Waals surface area contributed by atoms with Gasteiger partial charge >= 0.3 is 5.97 Å². The lowest BCUT2D eigenvalue weighted by Gasteiger charge is -2.33. The summed E-state index contributed by atoms with van der Waals surface area (Å²) in [6, 6.07) is 15.6. The second-order valence-corrected chi connectivity index (χ2v) is 12.4. The number of hydrogen-bond acceptors (Lipinski definition) is 8. The van der Waals surface area contributed by atoms with Gasteiger partial charge in [0.25, 0.3) is 0 Å². The molecule has 44 heavy (non-hydrogen) atoms. The number of likely N-dealkylation sites (N-methyl/N-ethyl adjacent to an activating group) is 1. The van der Waals surface area contributed by atoms with E-state index in [1.54, 1.807) is 6.33 Å². The number of carbonyl (C=O) groups excluding carboxylic acids is 1. The first-order chi connectivity index (χ1) is 21.4. The summed E-state index contributed by atoms with van der Waals surface area (Å²) in [7, 11) is 1.37. The van der Waals surface area contributed by atoms with Crippen LogP contribution in [0.5, 0.6) is 5.75 Å². The molecule has 3 aromatic heterocycles. The van der Waals surface area contributed by atoms with Crippen molar-refractivity contribution in [3.8, 4) is 21.9 Å². The van der Waals surface area contributed by atoms with Crippen LogP contribution in [0.1, 0.15) is 41.6 Å². The minimum Gasteiger partial charge on any atom is -0.484 e. The van der Waals surface area contributed by atoms with Gasteiger partial charge in [0, 0.05) is 61.1 Å². The molecule has 0 N–H and O–H groups in total. The minimum absolute atomic E-state index is 0.367. The fourth-order valence-corrected chi connectivity index (χ4v) is 6.93. The third-order valence-electron chi connectivity index (χ3n) is 8.23. The summed E-state index contributed by atoms with van der Waals surface area (Å²) < 4.78 is 15.3. The first-order valence-corrected chi connectivity index (χ1v) is 16.2.